The van der Waals surface area contributed by atoms with Crippen LogP contribution in [0.2, 0.25) is 0 Å². The lowest BCUT2D eigenvalue weighted by molar-refractivity contribution is -0.163. The molecule has 0 bridgehead atoms. The highest BCUT2D eigenvalue weighted by Crippen LogP contribution is 2.42. The van der Waals surface area contributed by atoms with Crippen LogP contribution in [0.25, 0.3) is 0 Å². The normalized spacial score (nSPS) is 30.6. The molecule has 4 unspecified atom stereocenters. The van der Waals surface area contributed by atoms with Crippen LogP contribution in [0.15, 0.2) is 36.5 Å². The van der Waals surface area contributed by atoms with Gasteiger partial charge in [0, 0.05) is 23.1 Å². The zero-order chi connectivity index (χ0) is 23.3. The van der Waals surface area contributed by atoms with E-state index in [9.17, 15) is 18.8 Å². The Labute approximate surface area is 183 Å². The van der Waals surface area contributed by atoms with Crippen molar-refractivity contribution in [3.05, 3.63) is 36.5 Å². The van der Waals surface area contributed by atoms with Crippen LogP contribution in [0.5, 0.6) is 0 Å². The van der Waals surface area contributed by atoms with E-state index in [0.29, 0.717) is 37.7 Å². The Balaban J connectivity index is 2.07. The fourth-order valence-corrected chi connectivity index (χ4v) is 4.27. The maximum Gasteiger partial charge on any atom is 0.333 e. The molecule has 0 aromatic carbocycles. The van der Waals surface area contributed by atoms with E-state index in [1.165, 1.54) is 6.92 Å². The van der Waals surface area contributed by atoms with Gasteiger partial charge in [-0.2, -0.15) is 0 Å². The molecule has 2 aliphatic rings. The van der Waals surface area contributed by atoms with Crippen molar-refractivity contribution in [1.82, 2.24) is 0 Å². The van der Waals surface area contributed by atoms with E-state index >= 15 is 0 Å². The van der Waals surface area contributed by atoms with Crippen LogP contribution >= 0.6 is 0 Å². The number of carbonyl (C=O) groups is 3. The number of ether oxygens (including phenoxy) is 3. The van der Waals surface area contributed by atoms with Crippen LogP contribution < -0.4 is 0 Å². The summed E-state index contributed by atoms with van der Waals surface area (Å²) >= 11 is 0. The van der Waals surface area contributed by atoms with Crippen LogP contribution in [0.4, 0.5) is 4.39 Å². The monoisotopic (exact) mass is 436 g/mol. The van der Waals surface area contributed by atoms with Crippen LogP contribution in [-0.2, 0) is 28.6 Å². The smallest absolute Gasteiger partial charge is 0.333 e. The maximum atomic E-state index is 14.8. The highest BCUT2D eigenvalue weighted by atomic mass is 19.1. The number of alkyl halides is 1. The summed E-state index contributed by atoms with van der Waals surface area (Å²) in [5.41, 5.74) is 0.822. The molecule has 0 aromatic heterocycles. The van der Waals surface area contributed by atoms with Gasteiger partial charge in [-0.15, -0.1) is 0 Å². The van der Waals surface area contributed by atoms with E-state index in [1.807, 2.05) is 0 Å². The van der Waals surface area contributed by atoms with Crippen molar-refractivity contribution >= 4 is 17.9 Å². The van der Waals surface area contributed by atoms with Gasteiger partial charge in [0.15, 0.2) is 0 Å². The topological polar surface area (TPSA) is 78.9 Å². The fourth-order valence-electron chi connectivity index (χ4n) is 4.27. The van der Waals surface area contributed by atoms with Crippen molar-refractivity contribution in [3.63, 3.8) is 0 Å². The molecule has 2 aliphatic carbocycles. The Morgan fingerprint density at radius 2 is 1.23 bits per heavy atom. The summed E-state index contributed by atoms with van der Waals surface area (Å²) in [4.78, 5) is 35.8. The quantitative estimate of drug-likeness (QED) is 0.335. The number of hydrogen-bond acceptors (Lipinski definition) is 6. The minimum Gasteiger partial charge on any atom is -0.459 e. The molecule has 2 saturated carbocycles. The van der Waals surface area contributed by atoms with Gasteiger partial charge < -0.3 is 14.2 Å². The minimum atomic E-state index is -1.29. The molecule has 6 atom stereocenters. The van der Waals surface area contributed by atoms with E-state index in [2.05, 4.69) is 19.7 Å². The van der Waals surface area contributed by atoms with Crippen molar-refractivity contribution in [1.29, 1.82) is 0 Å². The molecule has 172 valence electrons. The molecule has 31 heavy (non-hydrogen) atoms. The lowest BCUT2D eigenvalue weighted by Gasteiger charge is -2.42. The van der Waals surface area contributed by atoms with Gasteiger partial charge in [0.25, 0.3) is 0 Å². The van der Waals surface area contributed by atoms with E-state index in [4.69, 9.17) is 14.2 Å². The van der Waals surface area contributed by atoms with Gasteiger partial charge in [0.2, 0.25) is 0 Å². The second-order valence-corrected chi connectivity index (χ2v) is 8.82. The molecular weight excluding hydrogens is 403 g/mol. The summed E-state index contributed by atoms with van der Waals surface area (Å²) in [6.07, 6.45) is -0.122. The van der Waals surface area contributed by atoms with Crippen molar-refractivity contribution in [2.24, 2.45) is 11.8 Å². The number of carbonyl (C=O) groups excluding carboxylic acids is 3. The lowest BCUT2D eigenvalue weighted by Crippen LogP contribution is -2.44. The van der Waals surface area contributed by atoms with E-state index in [-0.39, 0.29) is 29.4 Å². The van der Waals surface area contributed by atoms with Gasteiger partial charge in [-0.05, 0) is 64.7 Å². The number of rotatable bonds is 7. The van der Waals surface area contributed by atoms with Crippen LogP contribution in [-0.4, -0.2) is 42.4 Å². The molecule has 0 N–H and O–H groups in total. The summed E-state index contributed by atoms with van der Waals surface area (Å²) < 4.78 is 31.2. The number of halogens is 1. The SMILES string of the molecule is C=C(C)C(=O)OC1CC[C@@H](C2CC[C@@H](OC(=O)C(=C)C)CC2OC(=O)C(=C)C)CC1F. The minimum absolute atomic E-state index is 0.0320. The summed E-state index contributed by atoms with van der Waals surface area (Å²) in [6.45, 7) is 15.4. The summed E-state index contributed by atoms with van der Waals surface area (Å²) in [6, 6.07) is 0. The Morgan fingerprint density at radius 1 is 0.710 bits per heavy atom. The van der Waals surface area contributed by atoms with Gasteiger partial charge in [-0.25, -0.2) is 18.8 Å². The zero-order valence-corrected chi connectivity index (χ0v) is 18.7. The highest BCUT2D eigenvalue weighted by molar-refractivity contribution is 5.88. The number of esters is 3. The summed E-state index contributed by atoms with van der Waals surface area (Å²) in [7, 11) is 0. The molecule has 2 fully saturated rings. The Hall–Kier alpha value is -2.44. The van der Waals surface area contributed by atoms with Crippen molar-refractivity contribution in [2.45, 2.75) is 83.8 Å². The second-order valence-electron chi connectivity index (χ2n) is 8.82. The predicted molar refractivity (Wildman–Crippen MR) is 114 cm³/mol. The molecule has 0 amide bonds. The average molecular weight is 437 g/mol. The van der Waals surface area contributed by atoms with Crippen LogP contribution in [0.3, 0.4) is 0 Å². The molecule has 2 rings (SSSR count). The van der Waals surface area contributed by atoms with Crippen LogP contribution in [0, 0.1) is 11.8 Å². The third-order valence-electron chi connectivity index (χ3n) is 5.99. The first-order valence-electron chi connectivity index (χ1n) is 10.7. The van der Waals surface area contributed by atoms with Gasteiger partial charge in [0.05, 0.1) is 0 Å². The zero-order valence-electron chi connectivity index (χ0n) is 18.7. The predicted octanol–water partition coefficient (Wildman–Crippen LogP) is 4.39. The molecule has 0 radical (unpaired) electrons. The van der Waals surface area contributed by atoms with Gasteiger partial charge >= 0.3 is 17.9 Å². The van der Waals surface area contributed by atoms with Gasteiger partial charge in [0.1, 0.15) is 24.5 Å². The van der Waals surface area contributed by atoms with Gasteiger partial charge in [-0.1, -0.05) is 19.7 Å². The molecule has 6 nitrogen and oxygen atoms in total. The first-order valence-corrected chi connectivity index (χ1v) is 10.7. The third kappa shape index (κ3) is 6.77. The average Bonchev–Trinajstić information content (AvgIpc) is 2.69. The fraction of sp³-hybridized carbons (Fsp3) is 0.625. The molecular formula is C24H33FO6. The third-order valence-corrected chi connectivity index (χ3v) is 5.99. The second kappa shape index (κ2) is 10.7. The molecule has 0 aromatic rings. The maximum absolute atomic E-state index is 14.8. The highest BCUT2D eigenvalue weighted by Gasteiger charge is 2.43. The largest absolute Gasteiger partial charge is 0.459 e. The summed E-state index contributed by atoms with van der Waals surface area (Å²) in [5.74, 6) is -1.67. The van der Waals surface area contributed by atoms with Gasteiger partial charge in [-0.3, -0.25) is 0 Å². The van der Waals surface area contributed by atoms with E-state index < -0.39 is 42.4 Å². The first-order chi connectivity index (χ1) is 14.5. The Morgan fingerprint density at radius 3 is 1.74 bits per heavy atom. The number of hydrogen-bond donors (Lipinski definition) is 0. The lowest BCUT2D eigenvalue weighted by atomic mass is 9.70. The standard InChI is InChI=1S/C24H33FO6/c1-13(2)22(26)29-17-8-9-18(21(12-17)31-24(28)15(5)6)16-7-10-20(19(25)11-16)30-23(27)14(3)4/h16-21H,1,3,5,7-12H2,2,4,6H3/t16-,17-,18?,19?,20?,21?/m1/s1. The molecule has 0 spiro atoms. The van der Waals surface area contributed by atoms with E-state index in [0.717, 1.165) is 0 Å². The molecule has 0 saturated heterocycles. The molecule has 0 aliphatic heterocycles. The van der Waals surface area contributed by atoms with Crippen molar-refractivity contribution in [3.8, 4) is 0 Å². The van der Waals surface area contributed by atoms with Crippen LogP contribution in [0.1, 0.15) is 59.3 Å². The first kappa shape index (κ1) is 24.8. The van der Waals surface area contributed by atoms with Crippen molar-refractivity contribution < 1.29 is 33.0 Å². The molecule has 7 heteroatoms. The van der Waals surface area contributed by atoms with Crippen molar-refractivity contribution in [2.75, 3.05) is 0 Å². The Kier molecular flexibility index (Phi) is 8.60. The summed E-state index contributed by atoms with van der Waals surface area (Å²) in [5, 5.41) is 0. The Bertz CT molecular complexity index is 757. The van der Waals surface area contributed by atoms with E-state index in [1.54, 1.807) is 13.8 Å². The molecule has 0 heterocycles.